The second-order valence-corrected chi connectivity index (χ2v) is 12.6. The molecule has 3 aromatic carbocycles. The van der Waals surface area contributed by atoms with E-state index in [-0.39, 0.29) is 0 Å². The van der Waals surface area contributed by atoms with Gasteiger partial charge in [0, 0.05) is 36.3 Å². The largest absolute Gasteiger partial charge is 0.457 e. The van der Waals surface area contributed by atoms with Crippen LogP contribution in [-0.2, 0) is 10.2 Å². The molecule has 0 bridgehead atoms. The number of hydrogen-bond acceptors (Lipinski definition) is 6. The number of benzene rings is 3. The Morgan fingerprint density at radius 2 is 1.56 bits per heavy atom. The summed E-state index contributed by atoms with van der Waals surface area (Å²) in [5.74, 6) is 0.340. The molecular weight excluding hydrogens is 573 g/mol. The molecule has 10 heteroatoms. The number of fused-ring (bicyclic) bond motifs is 3. The fourth-order valence-electron chi connectivity index (χ4n) is 6.67. The molecule has 1 saturated heterocycles. The number of aromatic nitrogens is 1. The SMILES string of the molecule is C[C@@H]1CN(c2nc3ccccc3s2)C[C@H](C)N1CCCCC1(C(=O)NCC(F)(F)F)c2ccccc2Oc2ccccc21. The van der Waals surface area contributed by atoms with Crippen LogP contribution < -0.4 is 15.0 Å². The summed E-state index contributed by atoms with van der Waals surface area (Å²) in [5.41, 5.74) is 0.924. The van der Waals surface area contributed by atoms with Crippen molar-refractivity contribution in [3.05, 3.63) is 83.9 Å². The predicted octanol–water partition coefficient (Wildman–Crippen LogP) is 7.14. The molecule has 0 saturated carbocycles. The van der Waals surface area contributed by atoms with E-state index in [0.717, 1.165) is 36.7 Å². The summed E-state index contributed by atoms with van der Waals surface area (Å²) in [6.07, 6.45) is -2.70. The van der Waals surface area contributed by atoms with Crippen molar-refractivity contribution >= 4 is 32.6 Å². The molecule has 2 aliphatic rings. The Morgan fingerprint density at radius 1 is 0.953 bits per heavy atom. The fourth-order valence-corrected chi connectivity index (χ4v) is 7.66. The number of hydrogen-bond donors (Lipinski definition) is 1. The molecule has 0 aliphatic carbocycles. The van der Waals surface area contributed by atoms with Gasteiger partial charge in [0.25, 0.3) is 0 Å². The molecule has 4 aromatic rings. The third-order valence-electron chi connectivity index (χ3n) is 8.62. The summed E-state index contributed by atoms with van der Waals surface area (Å²) in [4.78, 5) is 23.6. The molecule has 0 spiro atoms. The van der Waals surface area contributed by atoms with E-state index >= 15 is 0 Å². The van der Waals surface area contributed by atoms with Gasteiger partial charge in [-0.1, -0.05) is 66.3 Å². The second kappa shape index (κ2) is 11.8. The van der Waals surface area contributed by atoms with Crippen LogP contribution in [0.15, 0.2) is 72.8 Å². The number of nitrogens with zero attached hydrogens (tertiary/aromatic N) is 3. The minimum absolute atomic E-state index is 0.296. The highest BCUT2D eigenvalue weighted by Crippen LogP contribution is 2.51. The molecule has 2 atom stereocenters. The van der Waals surface area contributed by atoms with Crippen LogP contribution in [0.5, 0.6) is 11.5 Å². The number of alkyl halides is 3. The van der Waals surface area contributed by atoms with Gasteiger partial charge in [-0.2, -0.15) is 13.2 Å². The van der Waals surface area contributed by atoms with E-state index in [1.54, 1.807) is 47.7 Å². The summed E-state index contributed by atoms with van der Waals surface area (Å²) in [6, 6.07) is 23.1. The summed E-state index contributed by atoms with van der Waals surface area (Å²) < 4.78 is 47.0. The van der Waals surface area contributed by atoms with Crippen LogP contribution in [-0.4, -0.2) is 60.2 Å². The van der Waals surface area contributed by atoms with Crippen molar-refractivity contribution in [1.29, 1.82) is 0 Å². The number of halogens is 3. The molecule has 1 aromatic heterocycles. The molecule has 1 fully saturated rings. The molecule has 1 amide bonds. The lowest BCUT2D eigenvalue weighted by atomic mass is 9.68. The molecule has 0 radical (unpaired) electrons. The second-order valence-electron chi connectivity index (χ2n) is 11.6. The number of carbonyl (C=O) groups excluding carboxylic acids is 1. The molecule has 226 valence electrons. The Bertz CT molecular complexity index is 1520. The van der Waals surface area contributed by atoms with Gasteiger partial charge in [-0.15, -0.1) is 0 Å². The number of ether oxygens (including phenoxy) is 1. The summed E-state index contributed by atoms with van der Waals surface area (Å²) in [6.45, 7) is 5.64. The molecular formula is C33H35F3N4O2S. The number of amides is 1. The van der Waals surface area contributed by atoms with E-state index in [2.05, 4.69) is 35.0 Å². The van der Waals surface area contributed by atoms with Crippen molar-refractivity contribution in [3.63, 3.8) is 0 Å². The first kappa shape index (κ1) is 29.4. The van der Waals surface area contributed by atoms with Crippen molar-refractivity contribution < 1.29 is 22.7 Å². The van der Waals surface area contributed by atoms with Crippen molar-refractivity contribution in [2.75, 3.05) is 31.1 Å². The first-order valence-corrected chi connectivity index (χ1v) is 15.6. The highest BCUT2D eigenvalue weighted by atomic mass is 32.1. The van der Waals surface area contributed by atoms with Crippen LogP contribution in [0.3, 0.4) is 0 Å². The van der Waals surface area contributed by atoms with Gasteiger partial charge >= 0.3 is 6.18 Å². The van der Waals surface area contributed by atoms with Gasteiger partial charge in [-0.05, 0) is 57.5 Å². The fraction of sp³-hybridized carbons (Fsp3) is 0.394. The van der Waals surface area contributed by atoms with Gasteiger partial charge in [0.1, 0.15) is 23.5 Å². The maximum atomic E-state index is 13.8. The Morgan fingerprint density at radius 3 is 2.19 bits per heavy atom. The number of para-hydroxylation sites is 3. The molecule has 1 N–H and O–H groups in total. The number of rotatable bonds is 8. The van der Waals surface area contributed by atoms with Crippen molar-refractivity contribution in [3.8, 4) is 11.5 Å². The lowest BCUT2D eigenvalue weighted by Crippen LogP contribution is -2.57. The molecule has 6 nitrogen and oxygen atoms in total. The highest BCUT2D eigenvalue weighted by molar-refractivity contribution is 7.22. The van der Waals surface area contributed by atoms with E-state index < -0.39 is 24.0 Å². The lowest BCUT2D eigenvalue weighted by molar-refractivity contribution is -0.141. The number of piperazine rings is 1. The number of unbranched alkanes of at least 4 members (excludes halogenated alkanes) is 1. The Balaban J connectivity index is 1.18. The van der Waals surface area contributed by atoms with Crippen molar-refractivity contribution in [2.45, 2.75) is 56.8 Å². The number of nitrogens with one attached hydrogen (secondary N) is 1. The molecule has 43 heavy (non-hydrogen) atoms. The zero-order chi connectivity index (χ0) is 30.2. The number of thiazole rings is 1. The van der Waals surface area contributed by atoms with Gasteiger partial charge in [0.05, 0.1) is 10.2 Å². The van der Waals surface area contributed by atoms with E-state index in [4.69, 9.17) is 9.72 Å². The topological polar surface area (TPSA) is 57.7 Å². The standard InChI is InChI=1S/C33H35F3N4O2S/c1-22-19-39(31-38-26-13-5-8-16-29(26)43-31)20-23(2)40(22)18-10-9-17-32(30(41)37-21-33(34,35)36)24-11-3-6-14-27(24)42-28-15-7-4-12-25(28)32/h3-8,11-16,22-23H,9-10,17-21H2,1-2H3,(H,37,41)/t22-,23+. The van der Waals surface area contributed by atoms with Gasteiger partial charge in [0.15, 0.2) is 5.13 Å². The quantitative estimate of drug-likeness (QED) is 0.216. The number of anilines is 1. The molecule has 6 rings (SSSR count). The van der Waals surface area contributed by atoms with Gasteiger partial charge < -0.3 is 15.0 Å². The average Bonchev–Trinajstić information content (AvgIpc) is 3.43. The molecule has 2 aliphatic heterocycles. The maximum Gasteiger partial charge on any atom is 0.405 e. The van der Waals surface area contributed by atoms with Crippen molar-refractivity contribution in [2.24, 2.45) is 0 Å². The smallest absolute Gasteiger partial charge is 0.405 e. The summed E-state index contributed by atoms with van der Waals surface area (Å²) in [7, 11) is 0. The third-order valence-corrected chi connectivity index (χ3v) is 9.72. The Hall–Kier alpha value is -3.63. The summed E-state index contributed by atoms with van der Waals surface area (Å²) >= 11 is 1.72. The van der Waals surface area contributed by atoms with Crippen LogP contribution in [0.4, 0.5) is 18.3 Å². The van der Waals surface area contributed by atoms with E-state index in [1.807, 2.05) is 30.3 Å². The van der Waals surface area contributed by atoms with Crippen LogP contribution in [0.1, 0.15) is 44.2 Å². The minimum atomic E-state index is -4.51. The van der Waals surface area contributed by atoms with Crippen molar-refractivity contribution in [1.82, 2.24) is 15.2 Å². The number of carbonyl (C=O) groups is 1. The highest BCUT2D eigenvalue weighted by Gasteiger charge is 2.48. The Kier molecular flexibility index (Phi) is 8.08. The maximum absolute atomic E-state index is 13.8. The first-order chi connectivity index (χ1) is 20.7. The van der Waals surface area contributed by atoms with Gasteiger partial charge in [-0.25, -0.2) is 4.98 Å². The van der Waals surface area contributed by atoms with E-state index in [1.165, 1.54) is 4.70 Å². The Labute approximate surface area is 253 Å². The van der Waals surface area contributed by atoms with Crippen LogP contribution in [0.2, 0.25) is 0 Å². The van der Waals surface area contributed by atoms with Gasteiger partial charge in [0.2, 0.25) is 5.91 Å². The average molecular weight is 609 g/mol. The normalized spacial score (nSPS) is 19.9. The summed E-state index contributed by atoms with van der Waals surface area (Å²) in [5, 5.41) is 3.25. The monoisotopic (exact) mass is 608 g/mol. The molecule has 3 heterocycles. The zero-order valence-corrected chi connectivity index (χ0v) is 25.0. The van der Waals surface area contributed by atoms with Crippen LogP contribution in [0.25, 0.3) is 10.2 Å². The minimum Gasteiger partial charge on any atom is -0.457 e. The van der Waals surface area contributed by atoms with Gasteiger partial charge in [-0.3, -0.25) is 9.69 Å². The first-order valence-electron chi connectivity index (χ1n) is 14.7. The van der Waals surface area contributed by atoms with Crippen LogP contribution >= 0.6 is 11.3 Å². The van der Waals surface area contributed by atoms with Crippen LogP contribution in [0, 0.1) is 0 Å². The van der Waals surface area contributed by atoms with E-state index in [9.17, 15) is 18.0 Å². The predicted molar refractivity (Wildman–Crippen MR) is 164 cm³/mol. The third kappa shape index (κ3) is 5.82. The van der Waals surface area contributed by atoms with E-state index in [0.29, 0.717) is 47.6 Å². The molecule has 0 unspecified atom stereocenters. The zero-order valence-electron chi connectivity index (χ0n) is 24.2. The lowest BCUT2D eigenvalue weighted by Gasteiger charge is -2.44.